The van der Waals surface area contributed by atoms with Crippen LogP contribution >= 0.6 is 0 Å². The molecule has 1 aromatic heterocycles. The van der Waals surface area contributed by atoms with Crippen LogP contribution in [0.2, 0.25) is 0 Å². The predicted molar refractivity (Wildman–Crippen MR) is 101 cm³/mol. The summed E-state index contributed by atoms with van der Waals surface area (Å²) in [6.45, 7) is 1.87. The molecule has 2 fully saturated rings. The van der Waals surface area contributed by atoms with Gasteiger partial charge in [-0.2, -0.15) is 5.10 Å². The number of hydrogen-bond donors (Lipinski definition) is 2. The third-order valence-electron chi connectivity index (χ3n) is 6.28. The van der Waals surface area contributed by atoms with Crippen LogP contribution in [0.3, 0.4) is 0 Å². The van der Waals surface area contributed by atoms with Crippen molar-refractivity contribution in [3.05, 3.63) is 46.5 Å². The number of aromatic nitrogens is 2. The van der Waals surface area contributed by atoms with Crippen LogP contribution in [-0.2, 0) is 12.8 Å². The van der Waals surface area contributed by atoms with Crippen molar-refractivity contribution in [3.63, 3.8) is 0 Å². The molecule has 27 heavy (non-hydrogen) atoms. The molecule has 0 saturated carbocycles. The smallest absolute Gasteiger partial charge is 0.272 e. The van der Waals surface area contributed by atoms with Crippen LogP contribution in [0.15, 0.2) is 18.2 Å². The summed E-state index contributed by atoms with van der Waals surface area (Å²) < 4.78 is 16.2. The fourth-order valence-corrected chi connectivity index (χ4v) is 5.03. The molecule has 5 rings (SSSR count). The first-order chi connectivity index (χ1) is 13.1. The van der Waals surface area contributed by atoms with Crippen molar-refractivity contribution in [1.82, 2.24) is 20.4 Å². The molecule has 3 aliphatic rings. The van der Waals surface area contributed by atoms with E-state index in [2.05, 4.69) is 15.7 Å². The van der Waals surface area contributed by atoms with Gasteiger partial charge in [0, 0.05) is 29.4 Å². The number of piperidine rings is 1. The molecule has 2 aromatic rings. The van der Waals surface area contributed by atoms with Gasteiger partial charge in [0.15, 0.2) is 5.69 Å². The van der Waals surface area contributed by atoms with Gasteiger partial charge < -0.3 is 10.6 Å². The summed E-state index contributed by atoms with van der Waals surface area (Å²) in [6.07, 6.45) is 7.03. The van der Waals surface area contributed by atoms with Gasteiger partial charge in [-0.3, -0.25) is 4.79 Å². The average Bonchev–Trinajstić information content (AvgIpc) is 3.31. The Bertz CT molecular complexity index is 894. The minimum absolute atomic E-state index is 0.106. The molecule has 2 N–H and O–H groups in total. The number of carbonyl (C=O) groups excluding carboxylic acids is 1. The van der Waals surface area contributed by atoms with Gasteiger partial charge in [0.2, 0.25) is 0 Å². The van der Waals surface area contributed by atoms with Gasteiger partial charge in [-0.1, -0.05) is 6.07 Å². The summed E-state index contributed by atoms with van der Waals surface area (Å²) in [4.78, 5) is 13.0. The minimum Gasteiger partial charge on any atom is -0.348 e. The molecule has 6 heteroatoms. The molecule has 0 spiro atoms. The summed E-state index contributed by atoms with van der Waals surface area (Å²) >= 11 is 0. The summed E-state index contributed by atoms with van der Waals surface area (Å²) in [6, 6.07) is 6.41. The number of hydrogen-bond acceptors (Lipinski definition) is 3. The predicted octanol–water partition coefficient (Wildman–Crippen LogP) is 2.82. The Balaban J connectivity index is 1.44. The molecular formula is C21H25FN4O. The van der Waals surface area contributed by atoms with Gasteiger partial charge in [-0.25, -0.2) is 9.07 Å². The number of carbonyl (C=O) groups is 1. The minimum atomic E-state index is -0.297. The van der Waals surface area contributed by atoms with Gasteiger partial charge in [-0.05, 0) is 69.6 Å². The van der Waals surface area contributed by atoms with Gasteiger partial charge >= 0.3 is 0 Å². The Hall–Kier alpha value is -2.21. The zero-order valence-electron chi connectivity index (χ0n) is 15.6. The van der Waals surface area contributed by atoms with E-state index in [-0.39, 0.29) is 17.8 Å². The number of fused-ring (bicyclic) bond motifs is 3. The highest BCUT2D eigenvalue weighted by Gasteiger charge is 2.35. The first-order valence-corrected chi connectivity index (χ1v) is 10.0. The van der Waals surface area contributed by atoms with Crippen LogP contribution in [-0.4, -0.2) is 33.8 Å². The monoisotopic (exact) mass is 368 g/mol. The van der Waals surface area contributed by atoms with Crippen LogP contribution < -0.4 is 10.6 Å². The number of halogens is 1. The number of amides is 1. The number of benzene rings is 1. The normalized spacial score (nSPS) is 26.2. The number of nitrogens with zero attached hydrogens (tertiary/aromatic N) is 2. The molecule has 1 aliphatic carbocycles. The van der Waals surface area contributed by atoms with Crippen LogP contribution in [0.4, 0.5) is 4.39 Å². The second-order valence-corrected chi connectivity index (χ2v) is 8.27. The molecule has 1 amide bonds. The summed E-state index contributed by atoms with van der Waals surface area (Å²) in [7, 11) is 0. The Morgan fingerprint density at radius 1 is 1.26 bits per heavy atom. The Labute approximate surface area is 158 Å². The fraction of sp³-hybridized carbons (Fsp3) is 0.524. The highest BCUT2D eigenvalue weighted by atomic mass is 19.1. The van der Waals surface area contributed by atoms with Crippen molar-refractivity contribution < 1.29 is 9.18 Å². The highest BCUT2D eigenvalue weighted by molar-refractivity contribution is 5.94. The molecule has 0 radical (unpaired) electrons. The number of rotatable bonds is 3. The SMILES string of the molecule is Cc1ccc(-n2nc(C(=O)NC3CC4CCC(C3)N4)c3c2CCC3)c(F)c1. The highest BCUT2D eigenvalue weighted by Crippen LogP contribution is 2.30. The standard InChI is InChI=1S/C21H25FN4O/c1-12-5-8-19(17(22)9-12)26-18-4-2-3-16(18)20(25-26)21(27)24-15-10-13-6-7-14(11-15)23-13/h5,8-9,13-15,23H,2-4,6-7,10-11H2,1H3,(H,24,27). The number of nitrogens with one attached hydrogen (secondary N) is 2. The maximum atomic E-state index is 14.5. The van der Waals surface area contributed by atoms with E-state index in [4.69, 9.17) is 0 Å². The molecule has 3 heterocycles. The van der Waals surface area contributed by atoms with Gasteiger partial charge in [0.25, 0.3) is 5.91 Å². The Morgan fingerprint density at radius 3 is 2.78 bits per heavy atom. The van der Waals surface area contributed by atoms with E-state index >= 15 is 0 Å². The van der Waals surface area contributed by atoms with Crippen molar-refractivity contribution in [2.24, 2.45) is 0 Å². The summed E-state index contributed by atoms with van der Waals surface area (Å²) in [5.74, 6) is -0.403. The van der Waals surface area contributed by atoms with Gasteiger partial charge in [0.05, 0.1) is 0 Å². The van der Waals surface area contributed by atoms with Crippen molar-refractivity contribution in [2.75, 3.05) is 0 Å². The van der Waals surface area contributed by atoms with Crippen molar-refractivity contribution in [2.45, 2.75) is 70.0 Å². The first kappa shape index (κ1) is 16.9. The molecule has 2 bridgehead atoms. The Kier molecular flexibility index (Phi) is 4.04. The molecule has 2 unspecified atom stereocenters. The van der Waals surface area contributed by atoms with Crippen molar-refractivity contribution in [3.8, 4) is 5.69 Å². The molecule has 2 aliphatic heterocycles. The zero-order chi connectivity index (χ0) is 18.5. The molecule has 142 valence electrons. The lowest BCUT2D eigenvalue weighted by Crippen LogP contribution is -2.48. The Morgan fingerprint density at radius 2 is 2.04 bits per heavy atom. The fourth-order valence-electron chi connectivity index (χ4n) is 5.03. The zero-order valence-corrected chi connectivity index (χ0v) is 15.6. The molecule has 2 atom stereocenters. The van der Waals surface area contributed by atoms with Crippen LogP contribution in [0.1, 0.15) is 59.4 Å². The van der Waals surface area contributed by atoms with Crippen molar-refractivity contribution >= 4 is 5.91 Å². The third-order valence-corrected chi connectivity index (χ3v) is 6.28. The summed E-state index contributed by atoms with van der Waals surface area (Å²) in [5, 5.41) is 11.4. The van der Waals surface area contributed by atoms with E-state index in [0.717, 1.165) is 48.9 Å². The van der Waals surface area contributed by atoms with E-state index in [9.17, 15) is 9.18 Å². The van der Waals surface area contributed by atoms with Crippen molar-refractivity contribution in [1.29, 1.82) is 0 Å². The second kappa shape index (κ2) is 6.44. The topological polar surface area (TPSA) is 59.0 Å². The van der Waals surface area contributed by atoms with E-state index in [1.807, 2.05) is 13.0 Å². The maximum Gasteiger partial charge on any atom is 0.272 e. The quantitative estimate of drug-likeness (QED) is 0.876. The van der Waals surface area contributed by atoms with E-state index in [1.54, 1.807) is 10.7 Å². The maximum absolute atomic E-state index is 14.5. The van der Waals surface area contributed by atoms with E-state index < -0.39 is 0 Å². The van der Waals surface area contributed by atoms with Crippen LogP contribution in [0, 0.1) is 12.7 Å². The van der Waals surface area contributed by atoms with E-state index in [1.165, 1.54) is 18.9 Å². The van der Waals surface area contributed by atoms with Gasteiger partial charge in [-0.15, -0.1) is 0 Å². The molecule has 2 saturated heterocycles. The average molecular weight is 368 g/mol. The largest absolute Gasteiger partial charge is 0.348 e. The third kappa shape index (κ3) is 2.96. The lowest BCUT2D eigenvalue weighted by molar-refractivity contribution is 0.0917. The van der Waals surface area contributed by atoms with Gasteiger partial charge in [0.1, 0.15) is 11.5 Å². The molecular weight excluding hydrogens is 343 g/mol. The van der Waals surface area contributed by atoms with E-state index in [0.29, 0.717) is 23.5 Å². The molecule has 1 aromatic carbocycles. The number of aryl methyl sites for hydroxylation is 1. The van der Waals surface area contributed by atoms with Crippen LogP contribution in [0.5, 0.6) is 0 Å². The lowest BCUT2D eigenvalue weighted by atomic mass is 9.99. The lowest BCUT2D eigenvalue weighted by Gasteiger charge is -2.29. The summed E-state index contributed by atoms with van der Waals surface area (Å²) in [5.41, 5.74) is 3.75. The second-order valence-electron chi connectivity index (χ2n) is 8.27. The van der Waals surface area contributed by atoms with Crippen LogP contribution in [0.25, 0.3) is 5.69 Å². The molecule has 5 nitrogen and oxygen atoms in total. The first-order valence-electron chi connectivity index (χ1n) is 10.0.